The number of halogens is 1. The van der Waals surface area contributed by atoms with Gasteiger partial charge in [0.05, 0.1) is 5.75 Å². The number of hydrogen-bond acceptors (Lipinski definition) is 4. The van der Waals surface area contributed by atoms with Crippen LogP contribution in [0, 0.1) is 0 Å². The molecule has 9 heteroatoms. The quantitative estimate of drug-likeness (QED) is 0.313. The molecule has 0 rings (SSSR count). The standard InChI is InChI=1S/C12H26N4O3S.HI/c1-6-13-11(14-7-8-20(5,18)19)15-9-10(17)16-12(2,3)4;/h6-9H2,1-5H3,(H,16,17)(H2,13,14,15);1H. The summed E-state index contributed by atoms with van der Waals surface area (Å²) < 4.78 is 22.1. The van der Waals surface area contributed by atoms with E-state index in [1.165, 1.54) is 6.26 Å². The number of amides is 1. The zero-order chi connectivity index (χ0) is 15.8. The van der Waals surface area contributed by atoms with E-state index in [4.69, 9.17) is 0 Å². The number of nitrogens with zero attached hydrogens (tertiary/aromatic N) is 1. The maximum Gasteiger partial charge on any atom is 0.242 e. The Balaban J connectivity index is 0. The van der Waals surface area contributed by atoms with Crippen molar-refractivity contribution in [3.8, 4) is 0 Å². The summed E-state index contributed by atoms with van der Waals surface area (Å²) in [6, 6.07) is 0. The Morgan fingerprint density at radius 2 is 1.76 bits per heavy atom. The second-order valence-electron chi connectivity index (χ2n) is 5.55. The molecule has 0 aromatic carbocycles. The van der Waals surface area contributed by atoms with Gasteiger partial charge in [0.2, 0.25) is 5.91 Å². The predicted octanol–water partition coefficient (Wildman–Crippen LogP) is 0.119. The molecular weight excluding hydrogens is 407 g/mol. The summed E-state index contributed by atoms with van der Waals surface area (Å²) in [7, 11) is -3.01. The van der Waals surface area contributed by atoms with E-state index in [1.807, 2.05) is 27.7 Å². The molecule has 0 atom stereocenters. The minimum atomic E-state index is -3.01. The van der Waals surface area contributed by atoms with E-state index in [2.05, 4.69) is 20.9 Å². The van der Waals surface area contributed by atoms with Crippen LogP contribution < -0.4 is 16.0 Å². The van der Waals surface area contributed by atoms with Crippen LogP contribution in [0.1, 0.15) is 27.7 Å². The lowest BCUT2D eigenvalue weighted by molar-refractivity contribution is -0.121. The van der Waals surface area contributed by atoms with Crippen LogP contribution in [0.3, 0.4) is 0 Å². The number of guanidine groups is 1. The maximum absolute atomic E-state index is 11.6. The number of sulfone groups is 1. The molecule has 0 bridgehead atoms. The van der Waals surface area contributed by atoms with Gasteiger partial charge in [-0.2, -0.15) is 0 Å². The van der Waals surface area contributed by atoms with Crippen molar-refractivity contribution in [1.29, 1.82) is 0 Å². The summed E-state index contributed by atoms with van der Waals surface area (Å²) in [5.74, 6) is 0.268. The van der Waals surface area contributed by atoms with Crippen LogP contribution >= 0.6 is 24.0 Å². The van der Waals surface area contributed by atoms with Crippen molar-refractivity contribution in [2.45, 2.75) is 33.2 Å². The summed E-state index contributed by atoms with van der Waals surface area (Å²) in [4.78, 5) is 15.7. The Hall–Kier alpha value is -0.580. The molecule has 0 aromatic rings. The first-order valence-corrected chi connectivity index (χ1v) is 8.60. The molecule has 0 aliphatic carbocycles. The molecule has 0 radical (unpaired) electrons. The molecule has 3 N–H and O–H groups in total. The number of hydrogen-bond donors (Lipinski definition) is 3. The lowest BCUT2D eigenvalue weighted by Gasteiger charge is -2.20. The van der Waals surface area contributed by atoms with E-state index in [1.54, 1.807) is 0 Å². The number of nitrogens with one attached hydrogen (secondary N) is 3. The van der Waals surface area contributed by atoms with Gasteiger partial charge in [-0.15, -0.1) is 24.0 Å². The van der Waals surface area contributed by atoms with Gasteiger partial charge in [-0.25, -0.2) is 13.4 Å². The lowest BCUT2D eigenvalue weighted by Crippen LogP contribution is -2.43. The zero-order valence-electron chi connectivity index (χ0n) is 13.3. The summed E-state index contributed by atoms with van der Waals surface area (Å²) >= 11 is 0. The van der Waals surface area contributed by atoms with E-state index in [0.29, 0.717) is 12.5 Å². The zero-order valence-corrected chi connectivity index (χ0v) is 16.5. The average molecular weight is 434 g/mol. The fourth-order valence-corrected chi connectivity index (χ4v) is 1.78. The van der Waals surface area contributed by atoms with Crippen LogP contribution in [0.25, 0.3) is 0 Å². The summed E-state index contributed by atoms with van der Waals surface area (Å²) in [5, 5.41) is 8.63. The van der Waals surface area contributed by atoms with Gasteiger partial charge in [-0.1, -0.05) is 0 Å². The Kier molecular flexibility index (Phi) is 11.0. The fourth-order valence-electron chi connectivity index (χ4n) is 1.31. The molecule has 21 heavy (non-hydrogen) atoms. The molecule has 0 saturated heterocycles. The van der Waals surface area contributed by atoms with Crippen LogP contribution in [0.15, 0.2) is 4.99 Å². The highest BCUT2D eigenvalue weighted by atomic mass is 127. The van der Waals surface area contributed by atoms with Crippen molar-refractivity contribution in [2.24, 2.45) is 4.99 Å². The minimum absolute atomic E-state index is 0. The topological polar surface area (TPSA) is 99.7 Å². The highest BCUT2D eigenvalue weighted by Crippen LogP contribution is 1.97. The Labute approximate surface area is 144 Å². The lowest BCUT2D eigenvalue weighted by atomic mass is 10.1. The highest BCUT2D eigenvalue weighted by Gasteiger charge is 2.13. The predicted molar refractivity (Wildman–Crippen MR) is 97.0 cm³/mol. The normalized spacial score (nSPS) is 12.3. The van der Waals surface area contributed by atoms with Gasteiger partial charge in [-0.3, -0.25) is 4.79 Å². The number of carbonyl (C=O) groups excluding carboxylic acids is 1. The van der Waals surface area contributed by atoms with E-state index in [0.717, 1.165) is 0 Å². The van der Waals surface area contributed by atoms with Crippen LogP contribution in [-0.2, 0) is 14.6 Å². The smallest absolute Gasteiger partial charge is 0.242 e. The minimum Gasteiger partial charge on any atom is -0.357 e. The second-order valence-corrected chi connectivity index (χ2v) is 7.81. The van der Waals surface area contributed by atoms with Crippen molar-refractivity contribution in [3.05, 3.63) is 0 Å². The second kappa shape index (κ2) is 10.2. The van der Waals surface area contributed by atoms with Crippen LogP contribution in [0.4, 0.5) is 0 Å². The van der Waals surface area contributed by atoms with Crippen molar-refractivity contribution in [3.63, 3.8) is 0 Å². The van der Waals surface area contributed by atoms with Gasteiger partial charge >= 0.3 is 0 Å². The third-order valence-electron chi connectivity index (χ3n) is 2.00. The Bertz CT molecular complexity index is 444. The molecule has 0 saturated carbocycles. The van der Waals surface area contributed by atoms with Gasteiger partial charge in [0, 0.05) is 24.9 Å². The Morgan fingerprint density at radius 3 is 2.19 bits per heavy atom. The first kappa shape index (κ1) is 22.7. The average Bonchev–Trinajstić information content (AvgIpc) is 2.21. The maximum atomic E-state index is 11.6. The summed E-state index contributed by atoms with van der Waals surface area (Å²) in [5.41, 5.74) is -0.297. The van der Waals surface area contributed by atoms with Gasteiger partial charge < -0.3 is 16.0 Å². The number of rotatable bonds is 6. The fraction of sp³-hybridized carbons (Fsp3) is 0.833. The molecule has 0 fully saturated rings. The molecule has 0 aromatic heterocycles. The molecular formula is C12H27IN4O3S. The molecule has 0 spiro atoms. The van der Waals surface area contributed by atoms with Crippen molar-refractivity contribution >= 4 is 45.7 Å². The first-order chi connectivity index (χ1) is 9.03. The molecule has 0 heterocycles. The third kappa shape index (κ3) is 15.6. The van der Waals surface area contributed by atoms with Gasteiger partial charge in [0.25, 0.3) is 0 Å². The van der Waals surface area contributed by atoms with E-state index in [-0.39, 0.29) is 54.3 Å². The van der Waals surface area contributed by atoms with Gasteiger partial charge in [0.1, 0.15) is 16.4 Å². The molecule has 0 unspecified atom stereocenters. The van der Waals surface area contributed by atoms with Crippen molar-refractivity contribution in [1.82, 2.24) is 16.0 Å². The Morgan fingerprint density at radius 1 is 1.19 bits per heavy atom. The van der Waals surface area contributed by atoms with Gasteiger partial charge in [0.15, 0.2) is 5.96 Å². The first-order valence-electron chi connectivity index (χ1n) is 6.54. The molecule has 0 aliphatic rings. The van der Waals surface area contributed by atoms with E-state index >= 15 is 0 Å². The molecule has 7 nitrogen and oxygen atoms in total. The molecule has 126 valence electrons. The highest BCUT2D eigenvalue weighted by molar-refractivity contribution is 14.0. The van der Waals surface area contributed by atoms with E-state index < -0.39 is 9.84 Å². The summed E-state index contributed by atoms with van der Waals surface area (Å²) in [6.07, 6.45) is 1.18. The number of carbonyl (C=O) groups is 1. The monoisotopic (exact) mass is 434 g/mol. The third-order valence-corrected chi connectivity index (χ3v) is 2.95. The number of aliphatic imine (C=N–C) groups is 1. The largest absolute Gasteiger partial charge is 0.357 e. The SMILES string of the molecule is CCNC(=NCC(=O)NC(C)(C)C)NCCS(C)(=O)=O.I. The van der Waals surface area contributed by atoms with Gasteiger partial charge in [-0.05, 0) is 27.7 Å². The van der Waals surface area contributed by atoms with Crippen molar-refractivity contribution < 1.29 is 13.2 Å². The van der Waals surface area contributed by atoms with E-state index in [9.17, 15) is 13.2 Å². The van der Waals surface area contributed by atoms with Crippen LogP contribution in [-0.4, -0.2) is 57.5 Å². The van der Waals surface area contributed by atoms with Crippen LogP contribution in [0.5, 0.6) is 0 Å². The van der Waals surface area contributed by atoms with Crippen molar-refractivity contribution in [2.75, 3.05) is 31.6 Å². The molecule has 0 aliphatic heterocycles. The molecule has 1 amide bonds. The van der Waals surface area contributed by atoms with Crippen LogP contribution in [0.2, 0.25) is 0 Å². The summed E-state index contributed by atoms with van der Waals surface area (Å²) in [6.45, 7) is 8.45.